The third-order valence-corrected chi connectivity index (χ3v) is 6.19. The summed E-state index contributed by atoms with van der Waals surface area (Å²) in [5, 5.41) is 12.7. The van der Waals surface area contributed by atoms with Crippen LogP contribution in [0.3, 0.4) is 0 Å². The molecule has 0 amide bonds. The van der Waals surface area contributed by atoms with Gasteiger partial charge in [0, 0.05) is 16.3 Å². The molecule has 2 heterocycles. The van der Waals surface area contributed by atoms with Gasteiger partial charge in [-0.1, -0.05) is 18.2 Å². The first kappa shape index (κ1) is 19.1. The van der Waals surface area contributed by atoms with Crippen LogP contribution >= 0.6 is 22.9 Å². The van der Waals surface area contributed by atoms with Crippen molar-refractivity contribution in [3.8, 4) is 28.8 Å². The van der Waals surface area contributed by atoms with Gasteiger partial charge in [-0.05, 0) is 35.8 Å². The molecule has 144 valence electrons. The van der Waals surface area contributed by atoms with Crippen LogP contribution in [0, 0.1) is 11.3 Å². The molecule has 4 rings (SSSR count). The fourth-order valence-electron chi connectivity index (χ4n) is 2.97. The van der Waals surface area contributed by atoms with E-state index in [1.807, 2.05) is 41.8 Å². The summed E-state index contributed by atoms with van der Waals surface area (Å²) in [6.45, 7) is 0. The number of nitrogens with zero attached hydrogens (tertiary/aromatic N) is 3. The number of aromatic nitrogens is 2. The molecule has 0 saturated carbocycles. The average molecular weight is 422 g/mol. The van der Waals surface area contributed by atoms with Gasteiger partial charge in [0.2, 0.25) is 5.78 Å². The van der Waals surface area contributed by atoms with Crippen LogP contribution in [-0.2, 0) is 0 Å². The lowest BCUT2D eigenvalue weighted by molar-refractivity contribution is 0.0976. The number of ether oxygens (including phenoxy) is 2. The van der Waals surface area contributed by atoms with Gasteiger partial charge in [-0.15, -0.1) is 11.3 Å². The smallest absolute Gasteiger partial charge is 0.206 e. The fourth-order valence-corrected chi connectivity index (χ4v) is 4.62. The minimum absolute atomic E-state index is 0.319. The van der Waals surface area contributed by atoms with Crippen molar-refractivity contribution in [2.75, 3.05) is 14.2 Å². The molecule has 1 atom stereocenters. The number of hydrogen-bond donors (Lipinski definition) is 0. The van der Waals surface area contributed by atoms with Crippen LogP contribution < -0.4 is 9.47 Å². The van der Waals surface area contributed by atoms with Gasteiger partial charge in [-0.25, -0.2) is 4.98 Å². The zero-order chi connectivity index (χ0) is 20.4. The van der Waals surface area contributed by atoms with E-state index in [9.17, 15) is 10.1 Å². The van der Waals surface area contributed by atoms with Gasteiger partial charge >= 0.3 is 0 Å². The van der Waals surface area contributed by atoms with Gasteiger partial charge in [-0.2, -0.15) is 9.64 Å². The zero-order valence-corrected chi connectivity index (χ0v) is 17.2. The largest absolute Gasteiger partial charge is 0.493 e. The van der Waals surface area contributed by atoms with E-state index in [-0.39, 0.29) is 5.78 Å². The molecule has 0 aliphatic rings. The van der Waals surface area contributed by atoms with E-state index in [2.05, 4.69) is 15.4 Å². The summed E-state index contributed by atoms with van der Waals surface area (Å²) >= 11 is 2.53. The van der Waals surface area contributed by atoms with Gasteiger partial charge in [-0.3, -0.25) is 4.79 Å². The van der Waals surface area contributed by atoms with Crippen LogP contribution in [0.4, 0.5) is 0 Å². The molecule has 8 heteroatoms. The van der Waals surface area contributed by atoms with Gasteiger partial charge in [0.05, 0.1) is 30.7 Å². The van der Waals surface area contributed by atoms with E-state index in [0.29, 0.717) is 27.9 Å². The Hall–Kier alpha value is -3.28. The lowest BCUT2D eigenvalue weighted by atomic mass is 10.0. The Labute approximate surface area is 175 Å². The maximum atomic E-state index is 13.0. The Bertz CT molecular complexity index is 1240. The van der Waals surface area contributed by atoms with Crippen molar-refractivity contribution in [3.63, 3.8) is 0 Å². The molecule has 0 aliphatic heterocycles. The molecule has 2 aromatic heterocycles. The van der Waals surface area contributed by atoms with E-state index >= 15 is 0 Å². The first-order chi connectivity index (χ1) is 14.2. The minimum atomic E-state index is -1.00. The number of fused-ring (bicyclic) bond motifs is 1. The second-order valence-electron chi connectivity index (χ2n) is 6.09. The molecular weight excluding hydrogens is 406 g/mol. The number of rotatable bonds is 6. The minimum Gasteiger partial charge on any atom is -0.493 e. The van der Waals surface area contributed by atoms with Crippen LogP contribution in [0.5, 0.6) is 11.5 Å². The number of thiazole rings is 1. The summed E-state index contributed by atoms with van der Waals surface area (Å²) in [6, 6.07) is 15.1. The summed E-state index contributed by atoms with van der Waals surface area (Å²) in [7, 11) is 3.14. The Kier molecular flexibility index (Phi) is 5.25. The number of methoxy groups -OCH3 is 2. The molecule has 4 aromatic rings. The van der Waals surface area contributed by atoms with E-state index in [0.717, 1.165) is 15.6 Å². The lowest BCUT2D eigenvalue weighted by Gasteiger charge is -2.08. The number of Topliss-reactive ketones (excluding diaryl/α,β-unsaturated/α-hetero) is 1. The Morgan fingerprint density at radius 3 is 2.69 bits per heavy atom. The summed E-state index contributed by atoms with van der Waals surface area (Å²) in [6.07, 6.45) is 0. The molecule has 0 radical (unpaired) electrons. The quantitative estimate of drug-likeness (QED) is 0.411. The van der Waals surface area contributed by atoms with Crippen molar-refractivity contribution < 1.29 is 14.3 Å². The molecule has 0 bridgehead atoms. The maximum Gasteiger partial charge on any atom is 0.206 e. The van der Waals surface area contributed by atoms with Crippen molar-refractivity contribution >= 4 is 38.7 Å². The SMILES string of the molecule is COc1ccc(-c2csc(C(C#N)C(=O)c3nsc4ccccc34)n2)cc1OC. The number of nitriles is 1. The second kappa shape index (κ2) is 7.99. The predicted molar refractivity (Wildman–Crippen MR) is 113 cm³/mol. The van der Waals surface area contributed by atoms with Crippen molar-refractivity contribution in [2.45, 2.75) is 5.92 Å². The second-order valence-corrected chi connectivity index (χ2v) is 7.79. The molecule has 29 heavy (non-hydrogen) atoms. The summed E-state index contributed by atoms with van der Waals surface area (Å²) < 4.78 is 15.8. The first-order valence-corrected chi connectivity index (χ1v) is 10.3. The van der Waals surface area contributed by atoms with Gasteiger partial charge in [0.15, 0.2) is 17.4 Å². The molecule has 0 saturated heterocycles. The average Bonchev–Trinajstić information content (AvgIpc) is 3.41. The zero-order valence-electron chi connectivity index (χ0n) is 15.6. The molecule has 2 aromatic carbocycles. The normalized spacial score (nSPS) is 11.8. The number of ketones is 1. The third-order valence-electron chi connectivity index (χ3n) is 4.45. The molecular formula is C21H15N3O3S2. The van der Waals surface area contributed by atoms with E-state index in [1.54, 1.807) is 20.3 Å². The summed E-state index contributed by atoms with van der Waals surface area (Å²) in [5.74, 6) is -0.133. The number of carbonyl (C=O) groups is 1. The van der Waals surface area contributed by atoms with Crippen molar-refractivity contribution in [1.29, 1.82) is 5.26 Å². The number of benzene rings is 2. The topological polar surface area (TPSA) is 85.1 Å². The Morgan fingerprint density at radius 2 is 1.93 bits per heavy atom. The predicted octanol–water partition coefficient (Wildman–Crippen LogP) is 4.93. The molecule has 0 spiro atoms. The van der Waals surface area contributed by atoms with Crippen molar-refractivity contribution in [2.24, 2.45) is 0 Å². The molecule has 0 aliphatic carbocycles. The number of hydrogen-bond acceptors (Lipinski definition) is 8. The standard InChI is InChI=1S/C21H15N3O3S2/c1-26-16-8-7-12(9-17(16)27-2)15-11-28-21(23-15)14(10-22)20(25)19-13-5-3-4-6-18(13)29-24-19/h3-9,11,14H,1-2H3. The highest BCUT2D eigenvalue weighted by Gasteiger charge is 2.28. The first-order valence-electron chi connectivity index (χ1n) is 8.62. The lowest BCUT2D eigenvalue weighted by Crippen LogP contribution is -2.11. The fraction of sp³-hybridized carbons (Fsp3) is 0.143. The van der Waals surface area contributed by atoms with E-state index in [4.69, 9.17) is 9.47 Å². The van der Waals surface area contributed by atoms with Gasteiger partial charge in [0.25, 0.3) is 0 Å². The number of carbonyl (C=O) groups excluding carboxylic acids is 1. The third kappa shape index (κ3) is 3.46. The van der Waals surface area contributed by atoms with Crippen LogP contribution in [0.2, 0.25) is 0 Å². The molecule has 0 fully saturated rings. The Balaban J connectivity index is 1.67. The van der Waals surface area contributed by atoms with Crippen LogP contribution in [0.25, 0.3) is 21.3 Å². The van der Waals surface area contributed by atoms with E-state index in [1.165, 1.54) is 22.9 Å². The van der Waals surface area contributed by atoms with Crippen molar-refractivity contribution in [1.82, 2.24) is 9.36 Å². The summed E-state index contributed by atoms with van der Waals surface area (Å²) in [4.78, 5) is 17.6. The van der Waals surface area contributed by atoms with Crippen LogP contribution in [0.15, 0.2) is 47.8 Å². The van der Waals surface area contributed by atoms with Gasteiger partial charge < -0.3 is 9.47 Å². The monoisotopic (exact) mass is 421 g/mol. The molecule has 6 nitrogen and oxygen atoms in total. The van der Waals surface area contributed by atoms with Crippen LogP contribution in [-0.4, -0.2) is 29.4 Å². The highest BCUT2D eigenvalue weighted by molar-refractivity contribution is 7.13. The summed E-state index contributed by atoms with van der Waals surface area (Å²) in [5.41, 5.74) is 1.80. The highest BCUT2D eigenvalue weighted by Crippen LogP contribution is 2.35. The molecule has 0 N–H and O–H groups in total. The van der Waals surface area contributed by atoms with Crippen molar-refractivity contribution in [3.05, 3.63) is 58.5 Å². The molecule has 1 unspecified atom stereocenters. The van der Waals surface area contributed by atoms with Crippen LogP contribution in [0.1, 0.15) is 21.4 Å². The highest BCUT2D eigenvalue weighted by atomic mass is 32.1. The maximum absolute atomic E-state index is 13.0. The Morgan fingerprint density at radius 1 is 1.14 bits per heavy atom. The van der Waals surface area contributed by atoms with Gasteiger partial charge in [0.1, 0.15) is 10.7 Å². The van der Waals surface area contributed by atoms with E-state index < -0.39 is 5.92 Å².